The van der Waals surface area contributed by atoms with Crippen molar-refractivity contribution in [3.05, 3.63) is 82.4 Å². The van der Waals surface area contributed by atoms with E-state index in [0.717, 1.165) is 17.5 Å². The monoisotopic (exact) mass is 481 g/mol. The number of morpholine rings is 1. The van der Waals surface area contributed by atoms with Gasteiger partial charge in [-0.3, -0.25) is 19.3 Å². The molecule has 0 spiro atoms. The lowest BCUT2D eigenvalue weighted by Gasteiger charge is -2.29. The van der Waals surface area contributed by atoms with E-state index >= 15 is 0 Å². The summed E-state index contributed by atoms with van der Waals surface area (Å²) in [6.45, 7) is 2.85. The summed E-state index contributed by atoms with van der Waals surface area (Å²) in [7, 11) is 0. The van der Waals surface area contributed by atoms with Gasteiger partial charge in [-0.05, 0) is 18.2 Å². The molecule has 0 aliphatic carbocycles. The number of amides is 2. The van der Waals surface area contributed by atoms with Crippen molar-refractivity contribution in [1.29, 1.82) is 0 Å². The molecule has 0 saturated carbocycles. The highest BCUT2D eigenvalue weighted by Gasteiger charge is 2.32. The first kappa shape index (κ1) is 23.1. The van der Waals surface area contributed by atoms with Gasteiger partial charge in [0, 0.05) is 55.6 Å². The van der Waals surface area contributed by atoms with Crippen LogP contribution in [0.15, 0.2) is 42.6 Å². The number of fused-ring (bicyclic) bond motifs is 1. The van der Waals surface area contributed by atoms with Gasteiger partial charge in [-0.1, -0.05) is 18.2 Å². The largest absolute Gasteiger partial charge is 0.378 e. The summed E-state index contributed by atoms with van der Waals surface area (Å²) in [6.07, 6.45) is 1.94. The second-order valence-electron chi connectivity index (χ2n) is 8.61. The first-order valence-electron chi connectivity index (χ1n) is 11.6. The van der Waals surface area contributed by atoms with Gasteiger partial charge in [0.15, 0.2) is 17.3 Å². The number of carbonyl (C=O) groups is 2. The van der Waals surface area contributed by atoms with Crippen molar-refractivity contribution < 1.29 is 23.1 Å². The molecular formula is C25H25F2N5O3. The molecule has 2 aromatic heterocycles. The Kier molecular flexibility index (Phi) is 6.54. The van der Waals surface area contributed by atoms with E-state index in [9.17, 15) is 18.4 Å². The predicted octanol–water partition coefficient (Wildman–Crippen LogP) is 2.20. The molecule has 1 aromatic carbocycles. The molecule has 2 aliphatic heterocycles. The summed E-state index contributed by atoms with van der Waals surface area (Å²) in [6, 6.07) is 9.43. The number of carbonyl (C=O) groups excluding carboxylic acids is 2. The zero-order chi connectivity index (χ0) is 24.4. The lowest BCUT2D eigenvalue weighted by molar-refractivity contribution is -0.131. The van der Waals surface area contributed by atoms with Crippen molar-refractivity contribution in [2.24, 2.45) is 0 Å². The standard InChI is InChI=1S/C25H25F2N5O3/c26-20-6-3-4-17(23(20)27)14-22(33)31-9-7-21-19(16-31)24(25(34)30-10-12-35-13-11-30)29-32(21)15-18-5-1-2-8-28-18/h1-6,8H,7,9-16H2. The van der Waals surface area contributed by atoms with Gasteiger partial charge >= 0.3 is 0 Å². The number of hydrogen-bond donors (Lipinski definition) is 0. The van der Waals surface area contributed by atoms with Crippen LogP contribution in [0.5, 0.6) is 0 Å². The molecule has 10 heteroatoms. The van der Waals surface area contributed by atoms with Crippen LogP contribution in [0, 0.1) is 11.6 Å². The molecule has 0 unspecified atom stereocenters. The van der Waals surface area contributed by atoms with E-state index in [1.165, 1.54) is 12.1 Å². The van der Waals surface area contributed by atoms with E-state index in [1.54, 1.807) is 20.7 Å². The van der Waals surface area contributed by atoms with Crippen LogP contribution in [0.2, 0.25) is 0 Å². The first-order chi connectivity index (χ1) is 17.0. The molecule has 5 rings (SSSR count). The first-order valence-corrected chi connectivity index (χ1v) is 11.6. The Morgan fingerprint density at radius 3 is 2.60 bits per heavy atom. The number of hydrogen-bond acceptors (Lipinski definition) is 5. The van der Waals surface area contributed by atoms with Crippen LogP contribution >= 0.6 is 0 Å². The lowest BCUT2D eigenvalue weighted by Crippen LogP contribution is -2.42. The number of benzene rings is 1. The van der Waals surface area contributed by atoms with Crippen molar-refractivity contribution in [3.63, 3.8) is 0 Å². The van der Waals surface area contributed by atoms with Gasteiger partial charge in [-0.2, -0.15) is 5.10 Å². The van der Waals surface area contributed by atoms with Crippen molar-refractivity contribution in [2.45, 2.75) is 25.9 Å². The normalized spacial score (nSPS) is 15.7. The zero-order valence-corrected chi connectivity index (χ0v) is 19.1. The second kappa shape index (κ2) is 9.91. The SMILES string of the molecule is O=C(Cc1cccc(F)c1F)N1CCc2c(c(C(=O)N3CCOCC3)nn2Cc2ccccn2)C1. The number of nitrogens with zero attached hydrogens (tertiary/aromatic N) is 5. The van der Waals surface area contributed by atoms with Gasteiger partial charge in [-0.25, -0.2) is 8.78 Å². The maximum atomic E-state index is 14.1. The van der Waals surface area contributed by atoms with Crippen molar-refractivity contribution in [3.8, 4) is 0 Å². The van der Waals surface area contributed by atoms with Crippen LogP contribution in [0.1, 0.15) is 33.0 Å². The topological polar surface area (TPSA) is 80.6 Å². The summed E-state index contributed by atoms with van der Waals surface area (Å²) in [4.78, 5) is 34.0. The fourth-order valence-electron chi connectivity index (χ4n) is 4.53. The third-order valence-corrected chi connectivity index (χ3v) is 6.40. The van der Waals surface area contributed by atoms with Crippen molar-refractivity contribution in [2.75, 3.05) is 32.8 Å². The molecular weight excluding hydrogens is 456 g/mol. The lowest BCUT2D eigenvalue weighted by atomic mass is 10.0. The fourth-order valence-corrected chi connectivity index (χ4v) is 4.53. The average molecular weight is 482 g/mol. The molecule has 3 aromatic rings. The number of rotatable bonds is 5. The van der Waals surface area contributed by atoms with Crippen LogP contribution < -0.4 is 0 Å². The van der Waals surface area contributed by atoms with Crippen molar-refractivity contribution >= 4 is 11.8 Å². The van der Waals surface area contributed by atoms with Crippen LogP contribution in [0.4, 0.5) is 8.78 Å². The third-order valence-electron chi connectivity index (χ3n) is 6.40. The van der Waals surface area contributed by atoms with E-state index in [2.05, 4.69) is 10.1 Å². The predicted molar refractivity (Wildman–Crippen MR) is 121 cm³/mol. The molecule has 0 atom stereocenters. The van der Waals surface area contributed by atoms with Gasteiger partial charge in [0.1, 0.15) is 0 Å². The van der Waals surface area contributed by atoms with Crippen LogP contribution in [0.3, 0.4) is 0 Å². The summed E-state index contributed by atoms with van der Waals surface area (Å²) in [5.41, 5.74) is 2.71. The van der Waals surface area contributed by atoms with Gasteiger partial charge in [-0.15, -0.1) is 0 Å². The summed E-state index contributed by atoms with van der Waals surface area (Å²) in [5.74, 6) is -2.52. The Labute approximate surface area is 201 Å². The summed E-state index contributed by atoms with van der Waals surface area (Å²) >= 11 is 0. The van der Waals surface area contributed by atoms with E-state index in [4.69, 9.17) is 4.74 Å². The van der Waals surface area contributed by atoms with E-state index in [0.29, 0.717) is 57.1 Å². The average Bonchev–Trinajstić information content (AvgIpc) is 3.25. The van der Waals surface area contributed by atoms with Gasteiger partial charge in [0.05, 0.1) is 31.9 Å². The van der Waals surface area contributed by atoms with E-state index in [-0.39, 0.29) is 30.3 Å². The van der Waals surface area contributed by atoms with Gasteiger partial charge < -0.3 is 14.5 Å². The maximum absolute atomic E-state index is 14.1. The summed E-state index contributed by atoms with van der Waals surface area (Å²) in [5, 5.41) is 4.66. The maximum Gasteiger partial charge on any atom is 0.274 e. The Bertz CT molecular complexity index is 1240. The quantitative estimate of drug-likeness (QED) is 0.558. The highest BCUT2D eigenvalue weighted by Crippen LogP contribution is 2.26. The molecule has 2 aliphatic rings. The Hall–Kier alpha value is -3.66. The minimum atomic E-state index is -1.01. The molecule has 0 bridgehead atoms. The Balaban J connectivity index is 1.43. The molecule has 1 saturated heterocycles. The molecule has 35 heavy (non-hydrogen) atoms. The van der Waals surface area contributed by atoms with Crippen LogP contribution in [0.25, 0.3) is 0 Å². The molecule has 182 valence electrons. The molecule has 1 fully saturated rings. The van der Waals surface area contributed by atoms with Gasteiger partial charge in [0.25, 0.3) is 5.91 Å². The number of ether oxygens (including phenoxy) is 1. The minimum absolute atomic E-state index is 0.0104. The van der Waals surface area contributed by atoms with Crippen LogP contribution in [-0.4, -0.2) is 69.2 Å². The van der Waals surface area contributed by atoms with E-state index in [1.807, 2.05) is 18.2 Å². The summed E-state index contributed by atoms with van der Waals surface area (Å²) < 4.78 is 34.9. The fraction of sp³-hybridized carbons (Fsp3) is 0.360. The molecule has 0 radical (unpaired) electrons. The highest BCUT2D eigenvalue weighted by atomic mass is 19.2. The minimum Gasteiger partial charge on any atom is -0.378 e. The zero-order valence-electron chi connectivity index (χ0n) is 19.1. The molecule has 8 nitrogen and oxygen atoms in total. The molecule has 4 heterocycles. The smallest absolute Gasteiger partial charge is 0.274 e. The molecule has 2 amide bonds. The van der Waals surface area contributed by atoms with E-state index < -0.39 is 11.6 Å². The van der Waals surface area contributed by atoms with Gasteiger partial charge in [0.2, 0.25) is 5.91 Å². The van der Waals surface area contributed by atoms with Crippen molar-refractivity contribution in [1.82, 2.24) is 24.6 Å². The Morgan fingerprint density at radius 1 is 1.00 bits per heavy atom. The second-order valence-corrected chi connectivity index (χ2v) is 8.61. The highest BCUT2D eigenvalue weighted by molar-refractivity contribution is 5.94. The van der Waals surface area contributed by atoms with Crippen LogP contribution in [-0.2, 0) is 35.5 Å². The number of halogens is 2. The Morgan fingerprint density at radius 2 is 1.83 bits per heavy atom. The molecule has 0 N–H and O–H groups in total. The number of pyridine rings is 1. The number of aromatic nitrogens is 3. The third kappa shape index (κ3) is 4.79.